The molecule has 70 valence electrons. The standard InChI is InChI=1S/C9H18N2O/c1-2-8-5-3-4-6-11(8)9(12)7-10/h8H,2-7,10H2,1H3. The molecule has 0 radical (unpaired) electrons. The van der Waals surface area contributed by atoms with Gasteiger partial charge in [-0.05, 0) is 25.7 Å². The molecule has 0 aromatic carbocycles. The van der Waals surface area contributed by atoms with Crippen LogP contribution in [0.5, 0.6) is 0 Å². The van der Waals surface area contributed by atoms with Crippen molar-refractivity contribution in [2.45, 2.75) is 38.6 Å². The summed E-state index contributed by atoms with van der Waals surface area (Å²) in [6, 6.07) is 0.454. The molecule has 0 aliphatic carbocycles. The Balaban J connectivity index is 2.52. The molecule has 3 heteroatoms. The molecule has 1 unspecified atom stereocenters. The average molecular weight is 170 g/mol. The van der Waals surface area contributed by atoms with Crippen molar-refractivity contribution >= 4 is 5.91 Å². The van der Waals surface area contributed by atoms with Crippen molar-refractivity contribution in [2.24, 2.45) is 5.73 Å². The molecular weight excluding hydrogens is 152 g/mol. The zero-order chi connectivity index (χ0) is 8.97. The third kappa shape index (κ3) is 1.97. The quantitative estimate of drug-likeness (QED) is 0.664. The van der Waals surface area contributed by atoms with Crippen molar-refractivity contribution in [2.75, 3.05) is 13.1 Å². The molecule has 1 heterocycles. The van der Waals surface area contributed by atoms with Gasteiger partial charge in [-0.3, -0.25) is 4.79 Å². The van der Waals surface area contributed by atoms with Crippen LogP contribution in [0, 0.1) is 0 Å². The van der Waals surface area contributed by atoms with Gasteiger partial charge in [0, 0.05) is 12.6 Å². The van der Waals surface area contributed by atoms with Crippen molar-refractivity contribution in [3.8, 4) is 0 Å². The second-order valence-electron chi connectivity index (χ2n) is 3.35. The highest BCUT2D eigenvalue weighted by molar-refractivity contribution is 5.78. The number of hydrogen-bond acceptors (Lipinski definition) is 2. The van der Waals surface area contributed by atoms with Gasteiger partial charge >= 0.3 is 0 Å². The number of carbonyl (C=O) groups is 1. The second kappa shape index (κ2) is 4.45. The fourth-order valence-electron chi connectivity index (χ4n) is 1.87. The molecule has 1 fully saturated rings. The van der Waals surface area contributed by atoms with Gasteiger partial charge in [-0.25, -0.2) is 0 Å². The largest absolute Gasteiger partial charge is 0.339 e. The van der Waals surface area contributed by atoms with E-state index in [4.69, 9.17) is 5.73 Å². The lowest BCUT2D eigenvalue weighted by Crippen LogP contribution is -2.46. The molecule has 1 atom stereocenters. The fourth-order valence-corrected chi connectivity index (χ4v) is 1.87. The van der Waals surface area contributed by atoms with Gasteiger partial charge in [0.25, 0.3) is 0 Å². The summed E-state index contributed by atoms with van der Waals surface area (Å²) in [7, 11) is 0. The predicted octanol–water partition coefficient (Wildman–Crippen LogP) is 0.736. The van der Waals surface area contributed by atoms with Crippen molar-refractivity contribution in [1.82, 2.24) is 4.90 Å². The van der Waals surface area contributed by atoms with E-state index in [-0.39, 0.29) is 12.5 Å². The number of carbonyl (C=O) groups excluding carboxylic acids is 1. The van der Waals surface area contributed by atoms with E-state index in [1.54, 1.807) is 0 Å². The van der Waals surface area contributed by atoms with Crippen LogP contribution in [-0.2, 0) is 4.79 Å². The van der Waals surface area contributed by atoms with Gasteiger partial charge in [0.15, 0.2) is 0 Å². The van der Waals surface area contributed by atoms with E-state index in [1.807, 2.05) is 4.90 Å². The number of amides is 1. The van der Waals surface area contributed by atoms with Crippen LogP contribution in [0.25, 0.3) is 0 Å². The monoisotopic (exact) mass is 170 g/mol. The van der Waals surface area contributed by atoms with Crippen molar-refractivity contribution in [3.05, 3.63) is 0 Å². The first-order valence-electron chi connectivity index (χ1n) is 4.79. The summed E-state index contributed by atoms with van der Waals surface area (Å²) in [5, 5.41) is 0. The highest BCUT2D eigenvalue weighted by Gasteiger charge is 2.23. The minimum absolute atomic E-state index is 0.113. The maximum Gasteiger partial charge on any atom is 0.236 e. The second-order valence-corrected chi connectivity index (χ2v) is 3.35. The predicted molar refractivity (Wildman–Crippen MR) is 48.7 cm³/mol. The molecule has 1 amide bonds. The first-order chi connectivity index (χ1) is 5.79. The molecule has 0 bridgehead atoms. The molecule has 1 saturated heterocycles. The number of rotatable bonds is 2. The summed E-state index contributed by atoms with van der Waals surface area (Å²) in [5.41, 5.74) is 5.33. The maximum atomic E-state index is 11.3. The van der Waals surface area contributed by atoms with Crippen LogP contribution in [0.15, 0.2) is 0 Å². The van der Waals surface area contributed by atoms with E-state index in [0.717, 1.165) is 25.8 Å². The highest BCUT2D eigenvalue weighted by Crippen LogP contribution is 2.18. The lowest BCUT2D eigenvalue weighted by molar-refractivity contribution is -0.133. The van der Waals surface area contributed by atoms with E-state index < -0.39 is 0 Å². The molecule has 0 saturated carbocycles. The average Bonchev–Trinajstić information content (AvgIpc) is 2.16. The third-order valence-corrected chi connectivity index (χ3v) is 2.59. The van der Waals surface area contributed by atoms with Crippen LogP contribution in [0.2, 0.25) is 0 Å². The summed E-state index contributed by atoms with van der Waals surface area (Å²) < 4.78 is 0. The van der Waals surface area contributed by atoms with Crippen molar-refractivity contribution in [3.63, 3.8) is 0 Å². The number of nitrogens with zero attached hydrogens (tertiary/aromatic N) is 1. The Hall–Kier alpha value is -0.570. The Kier molecular flexibility index (Phi) is 3.53. The molecule has 0 aromatic rings. The Morgan fingerprint density at radius 2 is 2.33 bits per heavy atom. The van der Waals surface area contributed by atoms with Gasteiger partial charge in [-0.1, -0.05) is 6.92 Å². The number of nitrogens with two attached hydrogens (primary N) is 1. The van der Waals surface area contributed by atoms with Gasteiger partial charge in [0.05, 0.1) is 6.54 Å². The molecule has 1 rings (SSSR count). The zero-order valence-corrected chi connectivity index (χ0v) is 7.75. The van der Waals surface area contributed by atoms with Gasteiger partial charge in [-0.2, -0.15) is 0 Å². The summed E-state index contributed by atoms with van der Waals surface area (Å²) >= 11 is 0. The third-order valence-electron chi connectivity index (χ3n) is 2.59. The molecule has 3 nitrogen and oxygen atoms in total. The van der Waals surface area contributed by atoms with Crippen molar-refractivity contribution < 1.29 is 4.79 Å². The van der Waals surface area contributed by atoms with E-state index >= 15 is 0 Å². The Labute approximate surface area is 73.9 Å². The van der Waals surface area contributed by atoms with Crippen LogP contribution in [0.3, 0.4) is 0 Å². The fraction of sp³-hybridized carbons (Fsp3) is 0.889. The van der Waals surface area contributed by atoms with Crippen LogP contribution in [0.4, 0.5) is 0 Å². The van der Waals surface area contributed by atoms with Crippen LogP contribution >= 0.6 is 0 Å². The van der Waals surface area contributed by atoms with Crippen molar-refractivity contribution in [1.29, 1.82) is 0 Å². The Morgan fingerprint density at radius 1 is 1.58 bits per heavy atom. The molecule has 12 heavy (non-hydrogen) atoms. The smallest absolute Gasteiger partial charge is 0.236 e. The molecule has 2 N–H and O–H groups in total. The van der Waals surface area contributed by atoms with E-state index in [1.165, 1.54) is 6.42 Å². The minimum Gasteiger partial charge on any atom is -0.339 e. The summed E-state index contributed by atoms with van der Waals surface area (Å²) in [5.74, 6) is 0.113. The number of piperidine rings is 1. The lowest BCUT2D eigenvalue weighted by Gasteiger charge is -2.35. The van der Waals surface area contributed by atoms with E-state index in [0.29, 0.717) is 6.04 Å². The number of hydrogen-bond donors (Lipinski definition) is 1. The first kappa shape index (κ1) is 9.52. The SMILES string of the molecule is CCC1CCCCN1C(=O)CN. The number of likely N-dealkylation sites (tertiary alicyclic amines) is 1. The summed E-state index contributed by atoms with van der Waals surface area (Å²) in [4.78, 5) is 13.3. The Bertz CT molecular complexity index is 159. The lowest BCUT2D eigenvalue weighted by atomic mass is 10.00. The first-order valence-corrected chi connectivity index (χ1v) is 4.79. The van der Waals surface area contributed by atoms with Crippen LogP contribution < -0.4 is 5.73 Å². The van der Waals surface area contributed by atoms with E-state index in [9.17, 15) is 4.79 Å². The zero-order valence-electron chi connectivity index (χ0n) is 7.75. The normalized spacial score (nSPS) is 24.2. The molecular formula is C9H18N2O. The van der Waals surface area contributed by atoms with Gasteiger partial charge in [0.2, 0.25) is 5.91 Å². The molecule has 0 spiro atoms. The molecule has 1 aliphatic rings. The molecule has 1 aliphatic heterocycles. The van der Waals surface area contributed by atoms with Gasteiger partial charge in [0.1, 0.15) is 0 Å². The van der Waals surface area contributed by atoms with Gasteiger partial charge < -0.3 is 10.6 Å². The summed E-state index contributed by atoms with van der Waals surface area (Å²) in [6.45, 7) is 3.21. The van der Waals surface area contributed by atoms with Crippen LogP contribution in [-0.4, -0.2) is 29.9 Å². The van der Waals surface area contributed by atoms with Crippen LogP contribution in [0.1, 0.15) is 32.6 Å². The highest BCUT2D eigenvalue weighted by atomic mass is 16.2. The molecule has 0 aromatic heterocycles. The summed E-state index contributed by atoms with van der Waals surface area (Å²) in [6.07, 6.45) is 4.61. The van der Waals surface area contributed by atoms with E-state index in [2.05, 4.69) is 6.92 Å². The minimum atomic E-state index is 0.113. The Morgan fingerprint density at radius 3 is 2.92 bits per heavy atom. The maximum absolute atomic E-state index is 11.3. The topological polar surface area (TPSA) is 46.3 Å². The van der Waals surface area contributed by atoms with Gasteiger partial charge in [-0.15, -0.1) is 0 Å².